The van der Waals surface area contributed by atoms with E-state index in [0.29, 0.717) is 35.3 Å². The Morgan fingerprint density at radius 2 is 1.78 bits per heavy atom. The van der Waals surface area contributed by atoms with Gasteiger partial charge in [0.15, 0.2) is 11.5 Å². The Balaban J connectivity index is 1.22. The molecule has 0 amide bonds. The van der Waals surface area contributed by atoms with Crippen LogP contribution < -0.4 is 4.74 Å². The molecule has 8 heteroatoms. The van der Waals surface area contributed by atoms with Crippen molar-refractivity contribution in [3.8, 4) is 17.4 Å². The van der Waals surface area contributed by atoms with Crippen LogP contribution in [0.5, 0.6) is 5.75 Å². The number of oxime groups is 1. The number of carboxylic acid groups (broad SMARTS) is 1. The monoisotopic (exact) mass is 488 g/mol. The molecule has 2 heterocycles. The van der Waals surface area contributed by atoms with E-state index in [1.54, 1.807) is 18.4 Å². The fourth-order valence-corrected chi connectivity index (χ4v) is 3.54. The highest BCUT2D eigenvalue weighted by molar-refractivity contribution is 6.35. The van der Waals surface area contributed by atoms with Gasteiger partial charge in [-0.15, -0.1) is 0 Å². The number of nitrogens with zero attached hydrogens (tertiary/aromatic N) is 2. The first-order chi connectivity index (χ1) is 17.6. The molecule has 0 bridgehead atoms. The van der Waals surface area contributed by atoms with E-state index in [1.165, 1.54) is 5.56 Å². The van der Waals surface area contributed by atoms with Gasteiger partial charge in [-0.2, -0.15) is 0 Å². The molecule has 0 atom stereocenters. The van der Waals surface area contributed by atoms with Crippen LogP contribution in [0.15, 0.2) is 87.0 Å². The van der Waals surface area contributed by atoms with Crippen LogP contribution in [0.4, 0.5) is 0 Å². The third-order valence-corrected chi connectivity index (χ3v) is 5.55. The van der Waals surface area contributed by atoms with Crippen LogP contribution in [0.3, 0.4) is 0 Å². The number of hydrogen-bond acceptors (Lipinski definition) is 7. The summed E-state index contributed by atoms with van der Waals surface area (Å²) in [6.45, 7) is 2.24. The van der Waals surface area contributed by atoms with E-state index in [2.05, 4.69) is 22.3 Å². The molecular formula is C28H28N2O6. The van der Waals surface area contributed by atoms with E-state index >= 15 is 0 Å². The molecule has 0 spiro atoms. The number of unbranched alkanes of at least 4 members (excludes halogenated alkanes) is 1. The summed E-state index contributed by atoms with van der Waals surface area (Å²) < 4.78 is 16.8. The summed E-state index contributed by atoms with van der Waals surface area (Å²) in [7, 11) is 0. The van der Waals surface area contributed by atoms with Crippen LogP contribution in [-0.2, 0) is 29.3 Å². The number of rotatable bonds is 13. The maximum Gasteiger partial charge on any atom is 0.353 e. The standard InChI is InChI=1S/C28H28N2O6/c1-20-25(29-27(36-20)26-12-7-17-33-26)19-34-23-15-13-22(14-16-23)18-35-30-24(28(31)32)11-6-5-10-21-8-3-2-4-9-21/h2-4,7-9,12-17H,5-6,10-11,18-19H2,1H3,(H,31,32). The van der Waals surface area contributed by atoms with Gasteiger partial charge in [-0.1, -0.05) is 47.6 Å². The molecule has 0 unspecified atom stereocenters. The van der Waals surface area contributed by atoms with Crippen LogP contribution in [0.2, 0.25) is 0 Å². The van der Waals surface area contributed by atoms with Crippen molar-refractivity contribution >= 4 is 11.7 Å². The second kappa shape index (κ2) is 12.4. The van der Waals surface area contributed by atoms with E-state index in [4.69, 9.17) is 18.4 Å². The number of oxazole rings is 1. The van der Waals surface area contributed by atoms with Crippen LogP contribution in [-0.4, -0.2) is 21.8 Å². The first-order valence-corrected chi connectivity index (χ1v) is 11.8. The molecule has 8 nitrogen and oxygen atoms in total. The normalized spacial score (nSPS) is 11.4. The summed E-state index contributed by atoms with van der Waals surface area (Å²) in [4.78, 5) is 21.2. The Morgan fingerprint density at radius 1 is 0.972 bits per heavy atom. The van der Waals surface area contributed by atoms with E-state index in [1.807, 2.05) is 49.4 Å². The maximum atomic E-state index is 11.5. The summed E-state index contributed by atoms with van der Waals surface area (Å²) in [5.41, 5.74) is 2.80. The zero-order chi connectivity index (χ0) is 25.2. The summed E-state index contributed by atoms with van der Waals surface area (Å²) >= 11 is 0. The Labute approximate surface area is 209 Å². The molecule has 0 saturated carbocycles. The average molecular weight is 489 g/mol. The van der Waals surface area contributed by atoms with Crippen molar-refractivity contribution < 1.29 is 28.3 Å². The predicted octanol–water partition coefficient (Wildman–Crippen LogP) is 6.19. The Morgan fingerprint density at radius 3 is 2.50 bits per heavy atom. The average Bonchev–Trinajstić information content (AvgIpc) is 3.55. The summed E-state index contributed by atoms with van der Waals surface area (Å²) in [6, 6.07) is 21.0. The molecule has 2 aromatic carbocycles. The van der Waals surface area contributed by atoms with Crippen molar-refractivity contribution in [2.45, 2.75) is 45.8 Å². The molecular weight excluding hydrogens is 460 g/mol. The number of aryl methyl sites for hydroxylation is 2. The highest BCUT2D eigenvalue weighted by atomic mass is 16.6. The first kappa shape index (κ1) is 24.8. The fourth-order valence-electron chi connectivity index (χ4n) is 3.54. The zero-order valence-corrected chi connectivity index (χ0v) is 20.1. The minimum atomic E-state index is -1.06. The largest absolute Gasteiger partial charge is 0.487 e. The quantitative estimate of drug-likeness (QED) is 0.136. The number of ether oxygens (including phenoxy) is 1. The summed E-state index contributed by atoms with van der Waals surface area (Å²) in [5.74, 6) is 1.25. The van der Waals surface area contributed by atoms with Gasteiger partial charge < -0.3 is 23.5 Å². The smallest absolute Gasteiger partial charge is 0.353 e. The Hall–Kier alpha value is -4.33. The lowest BCUT2D eigenvalue weighted by molar-refractivity contribution is -0.129. The van der Waals surface area contributed by atoms with Gasteiger partial charge in [-0.25, -0.2) is 9.78 Å². The van der Waals surface area contributed by atoms with Crippen LogP contribution >= 0.6 is 0 Å². The van der Waals surface area contributed by atoms with Gasteiger partial charge in [0.25, 0.3) is 5.89 Å². The number of hydrogen-bond donors (Lipinski definition) is 1. The van der Waals surface area contributed by atoms with Gasteiger partial charge in [-0.05, 0) is 61.6 Å². The molecule has 0 aliphatic rings. The van der Waals surface area contributed by atoms with Crippen molar-refractivity contribution in [3.63, 3.8) is 0 Å². The van der Waals surface area contributed by atoms with Crippen molar-refractivity contribution in [2.24, 2.45) is 5.16 Å². The third kappa shape index (κ3) is 7.09. The van der Waals surface area contributed by atoms with Crippen LogP contribution in [0, 0.1) is 6.92 Å². The third-order valence-electron chi connectivity index (χ3n) is 5.55. The topological polar surface area (TPSA) is 107 Å². The number of aromatic nitrogens is 1. The maximum absolute atomic E-state index is 11.5. The number of carbonyl (C=O) groups is 1. The van der Waals surface area contributed by atoms with Crippen molar-refractivity contribution in [3.05, 3.63) is 95.6 Å². The van der Waals surface area contributed by atoms with E-state index in [0.717, 1.165) is 24.8 Å². The molecule has 4 rings (SSSR count). The second-order valence-electron chi connectivity index (χ2n) is 8.24. The minimum absolute atomic E-state index is 0.0277. The Bertz CT molecular complexity index is 1260. The van der Waals surface area contributed by atoms with Crippen LogP contribution in [0.1, 0.15) is 41.8 Å². The van der Waals surface area contributed by atoms with Gasteiger partial charge >= 0.3 is 5.97 Å². The van der Waals surface area contributed by atoms with Gasteiger partial charge in [0.2, 0.25) is 0 Å². The van der Waals surface area contributed by atoms with Gasteiger partial charge in [0.1, 0.15) is 30.4 Å². The molecule has 0 aliphatic carbocycles. The lowest BCUT2D eigenvalue weighted by Gasteiger charge is -2.06. The lowest BCUT2D eigenvalue weighted by atomic mass is 10.1. The van der Waals surface area contributed by atoms with E-state index in [-0.39, 0.29) is 18.9 Å². The van der Waals surface area contributed by atoms with Gasteiger partial charge in [0, 0.05) is 6.42 Å². The molecule has 4 aromatic rings. The van der Waals surface area contributed by atoms with Crippen LogP contribution in [0.25, 0.3) is 11.7 Å². The summed E-state index contributed by atoms with van der Waals surface area (Å²) in [5, 5.41) is 13.3. The van der Waals surface area contributed by atoms with Crippen molar-refractivity contribution in [2.75, 3.05) is 0 Å². The molecule has 36 heavy (non-hydrogen) atoms. The fraction of sp³-hybridized carbons (Fsp3) is 0.250. The lowest BCUT2D eigenvalue weighted by Crippen LogP contribution is -2.13. The van der Waals surface area contributed by atoms with Gasteiger partial charge in [0.05, 0.1) is 6.26 Å². The zero-order valence-electron chi connectivity index (χ0n) is 20.1. The first-order valence-electron chi connectivity index (χ1n) is 11.8. The van der Waals surface area contributed by atoms with Crippen molar-refractivity contribution in [1.82, 2.24) is 4.98 Å². The predicted molar refractivity (Wildman–Crippen MR) is 134 cm³/mol. The van der Waals surface area contributed by atoms with Gasteiger partial charge in [-0.3, -0.25) is 0 Å². The second-order valence-corrected chi connectivity index (χ2v) is 8.24. The molecule has 0 aliphatic heterocycles. The number of benzene rings is 2. The molecule has 186 valence electrons. The van der Waals surface area contributed by atoms with Crippen molar-refractivity contribution in [1.29, 1.82) is 0 Å². The highest BCUT2D eigenvalue weighted by Gasteiger charge is 2.14. The number of aliphatic carboxylic acids is 1. The molecule has 2 aromatic heterocycles. The Kier molecular flexibility index (Phi) is 8.53. The van der Waals surface area contributed by atoms with E-state index in [9.17, 15) is 9.90 Å². The summed E-state index contributed by atoms with van der Waals surface area (Å²) in [6.07, 6.45) is 4.44. The molecule has 1 N–H and O–H groups in total. The SMILES string of the molecule is Cc1oc(-c2ccco2)nc1COc1ccc(CON=C(CCCCc2ccccc2)C(=O)O)cc1. The molecule has 0 saturated heterocycles. The number of carboxylic acids is 1. The van der Waals surface area contributed by atoms with E-state index < -0.39 is 5.97 Å². The molecule has 0 fully saturated rings. The molecule has 0 radical (unpaired) electrons. The minimum Gasteiger partial charge on any atom is -0.487 e. The highest BCUT2D eigenvalue weighted by Crippen LogP contribution is 2.23. The number of furan rings is 1.